The van der Waals surface area contributed by atoms with Crippen LogP contribution >= 0.6 is 50.9 Å². The lowest BCUT2D eigenvalue weighted by Crippen LogP contribution is -2.44. The number of benzene rings is 2. The van der Waals surface area contributed by atoms with Gasteiger partial charge in [-0.3, -0.25) is 14.4 Å². The molecule has 0 fully saturated rings. The van der Waals surface area contributed by atoms with Gasteiger partial charge in [-0.05, 0) is 65.2 Å². The summed E-state index contributed by atoms with van der Waals surface area (Å²) in [5, 5.41) is 15.9. The van der Waals surface area contributed by atoms with E-state index < -0.39 is 23.7 Å². The van der Waals surface area contributed by atoms with Gasteiger partial charge in [-0.2, -0.15) is 5.26 Å². The molecular weight excluding hydrogens is 605 g/mol. The average Bonchev–Trinajstić information content (AvgIpc) is 2.85. The second-order valence-corrected chi connectivity index (χ2v) is 10.5. The zero-order valence-electron chi connectivity index (χ0n) is 20.0. The number of esters is 1. The molecule has 0 saturated heterocycles. The monoisotopic (exact) mass is 625 g/mol. The van der Waals surface area contributed by atoms with Gasteiger partial charge in [0.1, 0.15) is 5.92 Å². The van der Waals surface area contributed by atoms with E-state index in [9.17, 15) is 19.6 Å². The number of allylic oxidation sites excluding steroid dienone is 1. The molecule has 12 heteroatoms. The standard InChI is InChI=1S/C25H22BrCl2N3O5S/c1-4-36-22-16(27)8-13(9-17(22)28)20-14(10-29)24(31-23(33)21(20)25(34)35-3)37-11-19(32)30-18-6-5-12(2)7-15(18)26/h5-9,20-21H,4,11H2,1-3H3,(H,30,32)(H,31,33)/t20-,21+/m1/s1. The van der Waals surface area contributed by atoms with Gasteiger partial charge in [0.15, 0.2) is 5.75 Å². The molecule has 2 atom stereocenters. The number of aryl methyl sites for hydroxylation is 1. The van der Waals surface area contributed by atoms with E-state index in [-0.39, 0.29) is 38.1 Å². The third-order valence-electron chi connectivity index (χ3n) is 5.40. The van der Waals surface area contributed by atoms with Crippen molar-refractivity contribution in [2.24, 2.45) is 5.92 Å². The fourth-order valence-corrected chi connectivity index (χ4v) is 5.82. The van der Waals surface area contributed by atoms with Gasteiger partial charge in [-0.15, -0.1) is 0 Å². The van der Waals surface area contributed by atoms with E-state index in [1.807, 2.05) is 19.1 Å². The van der Waals surface area contributed by atoms with Crippen LogP contribution in [0.2, 0.25) is 10.0 Å². The predicted molar refractivity (Wildman–Crippen MR) is 147 cm³/mol. The Balaban J connectivity index is 1.97. The van der Waals surface area contributed by atoms with Crippen molar-refractivity contribution in [1.29, 1.82) is 5.26 Å². The topological polar surface area (TPSA) is 118 Å². The van der Waals surface area contributed by atoms with Crippen LogP contribution in [0.3, 0.4) is 0 Å². The Bertz CT molecular complexity index is 1300. The Morgan fingerprint density at radius 3 is 2.49 bits per heavy atom. The van der Waals surface area contributed by atoms with E-state index >= 15 is 0 Å². The van der Waals surface area contributed by atoms with Crippen LogP contribution in [0.1, 0.15) is 24.0 Å². The summed E-state index contributed by atoms with van der Waals surface area (Å²) in [7, 11) is 1.15. The minimum atomic E-state index is -1.37. The minimum Gasteiger partial charge on any atom is -0.491 e. The Morgan fingerprint density at radius 2 is 1.92 bits per heavy atom. The largest absolute Gasteiger partial charge is 0.491 e. The maximum atomic E-state index is 13.0. The number of nitriles is 1. The van der Waals surface area contributed by atoms with Crippen LogP contribution in [-0.2, 0) is 19.1 Å². The number of carbonyl (C=O) groups excluding carboxylic acids is 3. The molecule has 0 radical (unpaired) electrons. The van der Waals surface area contributed by atoms with Gasteiger partial charge in [0.2, 0.25) is 11.8 Å². The van der Waals surface area contributed by atoms with Gasteiger partial charge >= 0.3 is 5.97 Å². The zero-order valence-corrected chi connectivity index (χ0v) is 23.9. The highest BCUT2D eigenvalue weighted by molar-refractivity contribution is 9.10. The molecule has 2 aromatic rings. The predicted octanol–water partition coefficient (Wildman–Crippen LogP) is 5.57. The quantitative estimate of drug-likeness (QED) is 0.290. The lowest BCUT2D eigenvalue weighted by molar-refractivity contribution is -0.150. The number of nitrogens with one attached hydrogen (secondary N) is 2. The maximum absolute atomic E-state index is 13.0. The fourth-order valence-electron chi connectivity index (χ4n) is 3.77. The van der Waals surface area contributed by atoms with Gasteiger partial charge in [-0.25, -0.2) is 0 Å². The number of nitrogens with zero attached hydrogens (tertiary/aromatic N) is 1. The first kappa shape index (κ1) is 28.9. The van der Waals surface area contributed by atoms with Gasteiger partial charge in [0.25, 0.3) is 0 Å². The molecule has 0 aliphatic carbocycles. The number of anilines is 1. The number of halogens is 3. The summed E-state index contributed by atoms with van der Waals surface area (Å²) in [6.07, 6.45) is 0. The van der Waals surface area contributed by atoms with Crippen LogP contribution < -0.4 is 15.4 Å². The number of hydrogen-bond acceptors (Lipinski definition) is 7. The van der Waals surface area contributed by atoms with Crippen molar-refractivity contribution in [2.45, 2.75) is 19.8 Å². The Kier molecular flexibility index (Phi) is 9.90. The second-order valence-electron chi connectivity index (χ2n) is 7.89. The molecule has 0 saturated carbocycles. The van der Waals surface area contributed by atoms with Crippen LogP contribution in [0.25, 0.3) is 0 Å². The SMILES string of the molecule is CCOc1c(Cl)cc([C@@H]2C(C#N)=C(SCC(=O)Nc3ccc(C)cc3Br)NC(=O)[C@H]2C(=O)OC)cc1Cl. The van der Waals surface area contributed by atoms with E-state index in [4.69, 9.17) is 32.7 Å². The molecule has 8 nitrogen and oxygen atoms in total. The van der Waals surface area contributed by atoms with E-state index in [1.54, 1.807) is 13.0 Å². The molecule has 1 aliphatic rings. The number of thioether (sulfide) groups is 1. The second kappa shape index (κ2) is 12.7. The van der Waals surface area contributed by atoms with Crippen LogP contribution in [0, 0.1) is 24.2 Å². The summed E-state index contributed by atoms with van der Waals surface area (Å²) in [6.45, 7) is 4.02. The van der Waals surface area contributed by atoms with Crippen molar-refractivity contribution in [3.8, 4) is 11.8 Å². The van der Waals surface area contributed by atoms with Gasteiger partial charge in [0.05, 0.1) is 51.9 Å². The van der Waals surface area contributed by atoms with Gasteiger partial charge < -0.3 is 20.1 Å². The number of methoxy groups -OCH3 is 1. The summed E-state index contributed by atoms with van der Waals surface area (Å²) >= 11 is 17.1. The zero-order chi connectivity index (χ0) is 27.3. The van der Waals surface area contributed by atoms with E-state index in [0.717, 1.165) is 28.9 Å². The molecule has 2 N–H and O–H groups in total. The number of hydrogen-bond donors (Lipinski definition) is 2. The average molecular weight is 627 g/mol. The number of ether oxygens (including phenoxy) is 2. The third-order valence-corrected chi connectivity index (χ3v) is 7.63. The van der Waals surface area contributed by atoms with Crippen LogP contribution in [0.4, 0.5) is 5.69 Å². The molecule has 194 valence electrons. The Labute approximate surface area is 236 Å². The molecule has 0 unspecified atom stereocenters. The summed E-state index contributed by atoms with van der Waals surface area (Å²) in [5.74, 6) is -4.14. The van der Waals surface area contributed by atoms with Crippen molar-refractivity contribution < 1.29 is 23.9 Å². The van der Waals surface area contributed by atoms with Crippen LogP contribution in [0.15, 0.2) is 45.4 Å². The first-order valence-corrected chi connectivity index (χ1v) is 13.5. The first-order valence-electron chi connectivity index (χ1n) is 10.9. The van der Waals surface area contributed by atoms with Crippen LogP contribution in [0.5, 0.6) is 5.75 Å². The van der Waals surface area contributed by atoms with E-state index in [0.29, 0.717) is 17.9 Å². The molecular formula is C25H22BrCl2N3O5S. The van der Waals surface area contributed by atoms with Crippen molar-refractivity contribution in [1.82, 2.24) is 5.32 Å². The van der Waals surface area contributed by atoms with Crippen molar-refractivity contribution in [3.63, 3.8) is 0 Å². The Hall–Kier alpha value is -2.71. The van der Waals surface area contributed by atoms with E-state index in [1.165, 1.54) is 12.1 Å². The lowest BCUT2D eigenvalue weighted by Gasteiger charge is -2.31. The maximum Gasteiger partial charge on any atom is 0.319 e. The smallest absolute Gasteiger partial charge is 0.319 e. The molecule has 37 heavy (non-hydrogen) atoms. The molecule has 1 heterocycles. The summed E-state index contributed by atoms with van der Waals surface area (Å²) in [6, 6.07) is 10.6. The summed E-state index contributed by atoms with van der Waals surface area (Å²) in [4.78, 5) is 38.3. The molecule has 2 amide bonds. The lowest BCUT2D eigenvalue weighted by atomic mass is 9.78. The molecule has 0 aromatic heterocycles. The Morgan fingerprint density at radius 1 is 1.24 bits per heavy atom. The molecule has 2 aromatic carbocycles. The fraction of sp³-hybridized carbons (Fsp3) is 0.280. The number of rotatable bonds is 8. The van der Waals surface area contributed by atoms with Crippen LogP contribution in [-0.4, -0.2) is 37.3 Å². The summed E-state index contributed by atoms with van der Waals surface area (Å²) < 4.78 is 11.0. The van der Waals surface area contributed by atoms with Crippen molar-refractivity contribution in [3.05, 3.63) is 66.6 Å². The van der Waals surface area contributed by atoms with E-state index in [2.05, 4.69) is 32.6 Å². The van der Waals surface area contributed by atoms with Crippen molar-refractivity contribution in [2.75, 3.05) is 24.8 Å². The number of amides is 2. The molecule has 3 rings (SSSR count). The minimum absolute atomic E-state index is 0.0700. The highest BCUT2D eigenvalue weighted by Crippen LogP contribution is 2.44. The first-order chi connectivity index (χ1) is 17.6. The number of carbonyl (C=O) groups is 3. The highest BCUT2D eigenvalue weighted by atomic mass is 79.9. The van der Waals surface area contributed by atoms with Gasteiger partial charge in [-0.1, -0.05) is 41.0 Å². The molecule has 1 aliphatic heterocycles. The molecule has 0 spiro atoms. The van der Waals surface area contributed by atoms with Crippen molar-refractivity contribution >= 4 is 74.4 Å². The molecule has 0 bridgehead atoms. The van der Waals surface area contributed by atoms with Gasteiger partial charge in [0, 0.05) is 10.4 Å². The highest BCUT2D eigenvalue weighted by Gasteiger charge is 2.44. The normalized spacial score (nSPS) is 17.1. The summed E-state index contributed by atoms with van der Waals surface area (Å²) in [5.41, 5.74) is 2.03. The third kappa shape index (κ3) is 6.60.